The van der Waals surface area contributed by atoms with Gasteiger partial charge in [-0.2, -0.15) is 5.10 Å². The molecule has 1 heterocycles. The number of benzene rings is 1. The predicted molar refractivity (Wildman–Crippen MR) is 87.2 cm³/mol. The molecule has 0 aliphatic heterocycles. The van der Waals surface area contributed by atoms with Crippen molar-refractivity contribution in [1.82, 2.24) is 4.98 Å². The number of carbonyl (C=O) groups is 2. The van der Waals surface area contributed by atoms with Crippen molar-refractivity contribution >= 4 is 34.6 Å². The van der Waals surface area contributed by atoms with Crippen molar-refractivity contribution < 1.29 is 19.1 Å². The van der Waals surface area contributed by atoms with Crippen molar-refractivity contribution in [2.45, 2.75) is 6.92 Å². The Hall–Kier alpha value is -2.74. The first-order chi connectivity index (χ1) is 11.0. The summed E-state index contributed by atoms with van der Waals surface area (Å²) in [5.74, 6) is -0.810. The first-order valence-corrected chi connectivity index (χ1v) is 7.40. The zero-order valence-corrected chi connectivity index (χ0v) is 13.6. The van der Waals surface area contributed by atoms with E-state index in [4.69, 9.17) is 0 Å². The van der Waals surface area contributed by atoms with E-state index in [0.29, 0.717) is 21.3 Å². The van der Waals surface area contributed by atoms with E-state index in [2.05, 4.69) is 25.0 Å². The number of nitrogens with zero attached hydrogens (tertiary/aromatic N) is 2. The Morgan fingerprint density at radius 3 is 2.43 bits per heavy atom. The van der Waals surface area contributed by atoms with Crippen molar-refractivity contribution in [2.75, 3.05) is 19.6 Å². The molecule has 2 rings (SSSR count). The third-order valence-electron chi connectivity index (χ3n) is 2.87. The fraction of sp³-hybridized carbons (Fsp3) is 0.200. The van der Waals surface area contributed by atoms with Gasteiger partial charge in [-0.05, 0) is 24.6 Å². The highest BCUT2D eigenvalue weighted by molar-refractivity contribution is 7.17. The van der Waals surface area contributed by atoms with Gasteiger partial charge in [-0.3, -0.25) is 5.43 Å². The molecule has 1 aromatic heterocycles. The standard InChI is InChI=1S/C15H15N3O4S/c1-9-12(14(20)22-3)23-15(17-9)18-16-8-10-4-6-11(7-5-10)13(19)21-2/h4-8H,1-3H3,(H,17,18)/b16-8+. The number of rotatable bonds is 5. The van der Waals surface area contributed by atoms with E-state index in [-0.39, 0.29) is 5.97 Å². The highest BCUT2D eigenvalue weighted by Gasteiger charge is 2.15. The van der Waals surface area contributed by atoms with Crippen molar-refractivity contribution in [2.24, 2.45) is 5.10 Å². The minimum absolute atomic E-state index is 0.389. The maximum Gasteiger partial charge on any atom is 0.350 e. The number of anilines is 1. The lowest BCUT2D eigenvalue weighted by Crippen LogP contribution is -2.00. The second kappa shape index (κ2) is 7.50. The number of hydrogen-bond donors (Lipinski definition) is 1. The first-order valence-electron chi connectivity index (χ1n) is 6.58. The zero-order chi connectivity index (χ0) is 16.8. The third kappa shape index (κ3) is 4.13. The second-order valence-corrected chi connectivity index (χ2v) is 5.41. The van der Waals surface area contributed by atoms with E-state index in [9.17, 15) is 9.59 Å². The first kappa shape index (κ1) is 16.6. The summed E-state index contributed by atoms with van der Waals surface area (Å²) < 4.78 is 9.30. The van der Waals surface area contributed by atoms with Gasteiger partial charge in [0, 0.05) is 0 Å². The van der Waals surface area contributed by atoms with Gasteiger partial charge >= 0.3 is 11.9 Å². The molecule has 0 aliphatic rings. The summed E-state index contributed by atoms with van der Waals surface area (Å²) in [6, 6.07) is 6.78. The molecule has 120 valence electrons. The van der Waals surface area contributed by atoms with E-state index in [0.717, 1.165) is 16.9 Å². The molecule has 0 fully saturated rings. The predicted octanol–water partition coefficient (Wildman–Crippen LogP) is 2.47. The third-order valence-corrected chi connectivity index (χ3v) is 3.92. The van der Waals surface area contributed by atoms with Gasteiger partial charge in [0.2, 0.25) is 5.13 Å². The van der Waals surface area contributed by atoms with E-state index in [1.165, 1.54) is 14.2 Å². The molecule has 0 bridgehead atoms. The van der Waals surface area contributed by atoms with Crippen molar-refractivity contribution in [3.8, 4) is 0 Å². The Labute approximate surface area is 137 Å². The van der Waals surface area contributed by atoms with Crippen LogP contribution in [0.2, 0.25) is 0 Å². The lowest BCUT2D eigenvalue weighted by atomic mass is 10.1. The molecule has 0 radical (unpaired) electrons. The van der Waals surface area contributed by atoms with Crippen molar-refractivity contribution in [3.63, 3.8) is 0 Å². The molecule has 8 heteroatoms. The summed E-state index contributed by atoms with van der Waals surface area (Å²) in [4.78, 5) is 27.5. The average Bonchev–Trinajstić information content (AvgIpc) is 2.94. The van der Waals surface area contributed by atoms with E-state index < -0.39 is 5.97 Å². The Morgan fingerprint density at radius 1 is 1.17 bits per heavy atom. The summed E-state index contributed by atoms with van der Waals surface area (Å²) in [5, 5.41) is 4.54. The average molecular weight is 333 g/mol. The molecule has 0 aliphatic carbocycles. The largest absolute Gasteiger partial charge is 0.465 e. The number of methoxy groups -OCH3 is 2. The minimum atomic E-state index is -0.421. The summed E-state index contributed by atoms with van der Waals surface area (Å²) in [6.07, 6.45) is 1.58. The number of ether oxygens (including phenoxy) is 2. The molecule has 23 heavy (non-hydrogen) atoms. The monoisotopic (exact) mass is 333 g/mol. The van der Waals surface area contributed by atoms with Crippen LogP contribution >= 0.6 is 11.3 Å². The molecule has 1 aromatic carbocycles. The molecular formula is C15H15N3O4S. The fourth-order valence-corrected chi connectivity index (χ4v) is 2.55. The number of hydrazone groups is 1. The van der Waals surface area contributed by atoms with Gasteiger partial charge in [0.15, 0.2) is 0 Å². The smallest absolute Gasteiger partial charge is 0.350 e. The van der Waals surface area contributed by atoms with Gasteiger partial charge in [-0.1, -0.05) is 23.5 Å². The number of thiazole rings is 1. The zero-order valence-electron chi connectivity index (χ0n) is 12.8. The van der Waals surface area contributed by atoms with Crippen molar-refractivity contribution in [3.05, 3.63) is 46.0 Å². The number of esters is 2. The molecule has 0 unspecified atom stereocenters. The molecule has 1 N–H and O–H groups in total. The van der Waals surface area contributed by atoms with Gasteiger partial charge in [0.1, 0.15) is 4.88 Å². The highest BCUT2D eigenvalue weighted by Crippen LogP contribution is 2.23. The Balaban J connectivity index is 2.02. The molecule has 0 atom stereocenters. The fourth-order valence-electron chi connectivity index (χ4n) is 1.71. The molecule has 7 nitrogen and oxygen atoms in total. The van der Waals surface area contributed by atoms with Gasteiger partial charge < -0.3 is 9.47 Å². The number of hydrogen-bond acceptors (Lipinski definition) is 8. The Bertz CT molecular complexity index is 738. The van der Waals surface area contributed by atoms with Gasteiger partial charge in [0.25, 0.3) is 0 Å². The van der Waals surface area contributed by atoms with Crippen LogP contribution in [0.25, 0.3) is 0 Å². The lowest BCUT2D eigenvalue weighted by molar-refractivity contribution is 0.0593. The Morgan fingerprint density at radius 2 is 1.83 bits per heavy atom. The maximum absolute atomic E-state index is 11.5. The van der Waals surface area contributed by atoms with Crippen LogP contribution in [0.5, 0.6) is 0 Å². The topological polar surface area (TPSA) is 89.9 Å². The van der Waals surface area contributed by atoms with Gasteiger partial charge in [-0.15, -0.1) is 0 Å². The number of nitrogens with one attached hydrogen (secondary N) is 1. The second-order valence-electron chi connectivity index (χ2n) is 4.41. The number of aromatic nitrogens is 1. The summed E-state index contributed by atoms with van der Waals surface area (Å²) >= 11 is 1.16. The molecule has 0 spiro atoms. The van der Waals surface area contributed by atoms with Crippen LogP contribution in [-0.2, 0) is 9.47 Å². The normalized spacial score (nSPS) is 10.6. The van der Waals surface area contributed by atoms with E-state index >= 15 is 0 Å². The van der Waals surface area contributed by atoms with Crippen LogP contribution in [0.3, 0.4) is 0 Å². The van der Waals surface area contributed by atoms with Crippen LogP contribution in [0, 0.1) is 6.92 Å². The van der Waals surface area contributed by atoms with E-state index in [1.807, 2.05) is 0 Å². The Kier molecular flexibility index (Phi) is 5.42. The molecule has 0 saturated heterocycles. The van der Waals surface area contributed by atoms with Gasteiger partial charge in [-0.25, -0.2) is 14.6 Å². The molecule has 0 saturated carbocycles. The van der Waals surface area contributed by atoms with Crippen LogP contribution in [0.15, 0.2) is 29.4 Å². The molecule has 0 amide bonds. The maximum atomic E-state index is 11.5. The molecule has 2 aromatic rings. The van der Waals surface area contributed by atoms with Crippen LogP contribution in [0.4, 0.5) is 5.13 Å². The van der Waals surface area contributed by atoms with Crippen molar-refractivity contribution in [1.29, 1.82) is 0 Å². The molecular weight excluding hydrogens is 318 g/mol. The quantitative estimate of drug-likeness (QED) is 0.513. The number of carbonyl (C=O) groups excluding carboxylic acids is 2. The lowest BCUT2D eigenvalue weighted by Gasteiger charge is -1.99. The van der Waals surface area contributed by atoms with E-state index in [1.54, 1.807) is 37.4 Å². The highest BCUT2D eigenvalue weighted by atomic mass is 32.1. The van der Waals surface area contributed by atoms with Crippen LogP contribution in [-0.4, -0.2) is 37.4 Å². The summed E-state index contributed by atoms with van der Waals surface area (Å²) in [6.45, 7) is 1.73. The summed E-state index contributed by atoms with van der Waals surface area (Å²) in [5.41, 5.74) is 4.61. The number of aryl methyl sites for hydroxylation is 1. The minimum Gasteiger partial charge on any atom is -0.465 e. The van der Waals surface area contributed by atoms with Crippen LogP contribution in [0.1, 0.15) is 31.3 Å². The summed E-state index contributed by atoms with van der Waals surface area (Å²) in [7, 11) is 2.66. The van der Waals surface area contributed by atoms with Gasteiger partial charge in [0.05, 0.1) is 31.7 Å². The van der Waals surface area contributed by atoms with Crippen LogP contribution < -0.4 is 5.43 Å². The SMILES string of the molecule is COC(=O)c1ccc(/C=N/Nc2nc(C)c(C(=O)OC)s2)cc1.